The van der Waals surface area contributed by atoms with Gasteiger partial charge in [-0.15, -0.1) is 24.0 Å². The maximum Gasteiger partial charge on any atom is 0.220 e. The topological polar surface area (TPSA) is 79.5 Å². The number of nitrogens with one attached hydrogen (secondary N) is 2. The Morgan fingerprint density at radius 1 is 1.25 bits per heavy atom. The molecule has 1 aliphatic rings. The molecule has 1 aromatic carbocycles. The van der Waals surface area contributed by atoms with Gasteiger partial charge in [-0.2, -0.15) is 0 Å². The van der Waals surface area contributed by atoms with Gasteiger partial charge < -0.3 is 16.4 Å². The number of aliphatic imine (C=N–C) groups is 1. The van der Waals surface area contributed by atoms with E-state index in [9.17, 15) is 4.79 Å². The van der Waals surface area contributed by atoms with Gasteiger partial charge in [0.1, 0.15) is 0 Å². The lowest BCUT2D eigenvalue weighted by atomic mass is 10.0. The van der Waals surface area contributed by atoms with E-state index >= 15 is 0 Å². The van der Waals surface area contributed by atoms with Gasteiger partial charge >= 0.3 is 0 Å². The van der Waals surface area contributed by atoms with Crippen LogP contribution >= 0.6 is 24.0 Å². The fraction of sp³-hybridized carbons (Fsp3) is 0.556. The molecule has 1 fully saturated rings. The van der Waals surface area contributed by atoms with Crippen molar-refractivity contribution < 1.29 is 4.79 Å². The van der Waals surface area contributed by atoms with Crippen LogP contribution in [0, 0.1) is 19.8 Å². The molecule has 0 unspecified atom stereocenters. The number of aryl methyl sites for hydroxylation is 2. The van der Waals surface area contributed by atoms with E-state index < -0.39 is 0 Å². The molecule has 2 rings (SSSR count). The highest BCUT2D eigenvalue weighted by Crippen LogP contribution is 2.27. The van der Waals surface area contributed by atoms with Crippen LogP contribution in [-0.2, 0) is 4.79 Å². The molecule has 0 heterocycles. The number of nitrogens with zero attached hydrogens (tertiary/aromatic N) is 1. The molecule has 1 aromatic rings. The highest BCUT2D eigenvalue weighted by molar-refractivity contribution is 14.0. The summed E-state index contributed by atoms with van der Waals surface area (Å²) >= 11 is 0. The van der Waals surface area contributed by atoms with Gasteiger partial charge in [0.15, 0.2) is 5.96 Å². The van der Waals surface area contributed by atoms with Crippen molar-refractivity contribution in [3.8, 4) is 0 Å². The van der Waals surface area contributed by atoms with E-state index in [4.69, 9.17) is 5.73 Å². The number of halogens is 1. The minimum Gasteiger partial charge on any atom is -0.370 e. The van der Waals surface area contributed by atoms with Crippen LogP contribution < -0.4 is 16.4 Å². The lowest BCUT2D eigenvalue weighted by molar-refractivity contribution is -0.121. The highest BCUT2D eigenvalue weighted by Gasteiger charge is 2.17. The Morgan fingerprint density at radius 3 is 2.62 bits per heavy atom. The van der Waals surface area contributed by atoms with Crippen LogP contribution in [0.3, 0.4) is 0 Å². The average molecular weight is 444 g/mol. The summed E-state index contributed by atoms with van der Waals surface area (Å²) in [5.41, 5.74) is 9.26. The predicted molar refractivity (Wildman–Crippen MR) is 111 cm³/mol. The first-order valence-electron chi connectivity index (χ1n) is 8.45. The second-order valence-corrected chi connectivity index (χ2v) is 6.40. The van der Waals surface area contributed by atoms with Gasteiger partial charge in [-0.05, 0) is 55.9 Å². The van der Waals surface area contributed by atoms with Crippen LogP contribution in [0.2, 0.25) is 0 Å². The smallest absolute Gasteiger partial charge is 0.220 e. The molecular formula is C18H29IN4O. The van der Waals surface area contributed by atoms with E-state index in [1.165, 1.54) is 36.8 Å². The van der Waals surface area contributed by atoms with E-state index in [-0.39, 0.29) is 29.9 Å². The molecule has 1 amide bonds. The van der Waals surface area contributed by atoms with Gasteiger partial charge in [0, 0.05) is 18.7 Å². The van der Waals surface area contributed by atoms with Crippen LogP contribution in [0.25, 0.3) is 0 Å². The number of amides is 1. The number of anilines is 1. The molecule has 0 saturated heterocycles. The zero-order chi connectivity index (χ0) is 16.7. The van der Waals surface area contributed by atoms with Crippen molar-refractivity contribution in [3.05, 3.63) is 29.3 Å². The van der Waals surface area contributed by atoms with Crippen LogP contribution in [0.15, 0.2) is 23.2 Å². The van der Waals surface area contributed by atoms with Crippen LogP contribution in [0.4, 0.5) is 5.69 Å². The quantitative estimate of drug-likeness (QED) is 0.273. The van der Waals surface area contributed by atoms with Crippen LogP contribution in [0.5, 0.6) is 0 Å². The molecule has 0 bridgehead atoms. The molecular weight excluding hydrogens is 415 g/mol. The summed E-state index contributed by atoms with van der Waals surface area (Å²) < 4.78 is 0. The number of nitrogens with two attached hydrogens (primary N) is 1. The Morgan fingerprint density at radius 2 is 1.96 bits per heavy atom. The van der Waals surface area contributed by atoms with Crippen molar-refractivity contribution in [2.75, 3.05) is 18.4 Å². The predicted octanol–water partition coefficient (Wildman–Crippen LogP) is 3.34. The Balaban J connectivity index is 0.00000288. The SMILES string of the molecule is Cc1ccc(NC(N)=NCCNC(=O)CC2CCCC2)cc1C.I. The molecule has 4 N–H and O–H groups in total. The fourth-order valence-corrected chi connectivity index (χ4v) is 2.93. The largest absolute Gasteiger partial charge is 0.370 e. The van der Waals surface area contributed by atoms with Gasteiger partial charge in [0.25, 0.3) is 0 Å². The first-order valence-corrected chi connectivity index (χ1v) is 8.45. The number of carbonyl (C=O) groups excluding carboxylic acids is 1. The molecule has 0 atom stereocenters. The van der Waals surface area contributed by atoms with Crippen molar-refractivity contribution >= 4 is 41.5 Å². The maximum absolute atomic E-state index is 11.8. The number of rotatable bonds is 6. The zero-order valence-electron chi connectivity index (χ0n) is 14.6. The minimum absolute atomic E-state index is 0. The minimum atomic E-state index is 0. The van der Waals surface area contributed by atoms with Gasteiger partial charge in [0.05, 0.1) is 6.54 Å². The molecule has 134 valence electrons. The highest BCUT2D eigenvalue weighted by atomic mass is 127. The molecule has 0 aromatic heterocycles. The van der Waals surface area contributed by atoms with E-state index in [0.717, 1.165) is 5.69 Å². The summed E-state index contributed by atoms with van der Waals surface area (Å²) in [7, 11) is 0. The van der Waals surface area contributed by atoms with Crippen molar-refractivity contribution in [1.82, 2.24) is 5.32 Å². The summed E-state index contributed by atoms with van der Waals surface area (Å²) in [5, 5.41) is 5.99. The van der Waals surface area contributed by atoms with Crippen molar-refractivity contribution in [2.24, 2.45) is 16.6 Å². The van der Waals surface area contributed by atoms with Gasteiger partial charge in [-0.25, -0.2) is 0 Å². The Kier molecular flexibility index (Phi) is 9.10. The Bertz CT molecular complexity index is 568. The van der Waals surface area contributed by atoms with Crippen molar-refractivity contribution in [1.29, 1.82) is 0 Å². The number of hydrogen-bond acceptors (Lipinski definition) is 2. The average Bonchev–Trinajstić information content (AvgIpc) is 3.00. The first-order chi connectivity index (χ1) is 11.0. The summed E-state index contributed by atoms with van der Waals surface area (Å²) in [4.78, 5) is 16.0. The molecule has 0 radical (unpaired) electrons. The molecule has 24 heavy (non-hydrogen) atoms. The van der Waals surface area contributed by atoms with Crippen LogP contribution in [-0.4, -0.2) is 25.0 Å². The number of carbonyl (C=O) groups is 1. The number of guanidine groups is 1. The molecule has 1 saturated carbocycles. The van der Waals surface area contributed by atoms with E-state index in [1.54, 1.807) is 0 Å². The second-order valence-electron chi connectivity index (χ2n) is 6.40. The standard InChI is InChI=1S/C18H28N4O.HI/c1-13-7-8-16(11-14(13)2)22-18(19)21-10-9-20-17(23)12-15-5-3-4-6-15;/h7-8,11,15H,3-6,9-10,12H2,1-2H3,(H,20,23)(H3,19,21,22);1H. The lowest BCUT2D eigenvalue weighted by Gasteiger charge is -2.10. The van der Waals surface area contributed by atoms with Gasteiger partial charge in [-0.1, -0.05) is 18.9 Å². The van der Waals surface area contributed by atoms with Crippen molar-refractivity contribution in [2.45, 2.75) is 46.0 Å². The van der Waals surface area contributed by atoms with E-state index in [2.05, 4.69) is 29.5 Å². The summed E-state index contributed by atoms with van der Waals surface area (Å²) in [6.45, 7) is 5.15. The summed E-state index contributed by atoms with van der Waals surface area (Å²) in [5.74, 6) is 1.08. The van der Waals surface area contributed by atoms with E-state index in [0.29, 0.717) is 31.4 Å². The molecule has 0 spiro atoms. The normalized spacial score (nSPS) is 15.0. The fourth-order valence-electron chi connectivity index (χ4n) is 2.93. The third kappa shape index (κ3) is 7.07. The number of benzene rings is 1. The maximum atomic E-state index is 11.8. The summed E-state index contributed by atoms with van der Waals surface area (Å²) in [6, 6.07) is 6.07. The summed E-state index contributed by atoms with van der Waals surface area (Å²) in [6.07, 6.45) is 5.57. The molecule has 1 aliphatic carbocycles. The Hall–Kier alpha value is -1.31. The second kappa shape index (κ2) is 10.5. The van der Waals surface area contributed by atoms with Crippen molar-refractivity contribution in [3.63, 3.8) is 0 Å². The van der Waals surface area contributed by atoms with Gasteiger partial charge in [0.2, 0.25) is 5.91 Å². The lowest BCUT2D eigenvalue weighted by Crippen LogP contribution is -2.29. The molecule has 5 nitrogen and oxygen atoms in total. The first kappa shape index (κ1) is 20.7. The van der Waals surface area contributed by atoms with E-state index in [1.807, 2.05) is 18.2 Å². The molecule has 6 heteroatoms. The zero-order valence-corrected chi connectivity index (χ0v) is 16.9. The van der Waals surface area contributed by atoms with Crippen LogP contribution in [0.1, 0.15) is 43.2 Å². The number of hydrogen-bond donors (Lipinski definition) is 3. The third-order valence-corrected chi connectivity index (χ3v) is 4.44. The Labute approximate surface area is 161 Å². The van der Waals surface area contributed by atoms with Gasteiger partial charge in [-0.3, -0.25) is 9.79 Å². The monoisotopic (exact) mass is 444 g/mol. The molecule has 0 aliphatic heterocycles. The third-order valence-electron chi connectivity index (χ3n) is 4.44.